The summed E-state index contributed by atoms with van der Waals surface area (Å²) in [6.07, 6.45) is 0. The Morgan fingerprint density at radius 1 is 0.483 bits per heavy atom. The van der Waals surface area contributed by atoms with Crippen LogP contribution < -0.4 is 0 Å². The molecule has 0 spiro atoms. The van der Waals surface area contributed by atoms with Crippen LogP contribution in [0.1, 0.15) is 25.0 Å². The average Bonchev–Trinajstić information content (AvgIpc) is 4.02. The standard InChI is InChI=1S/C54H34N4OS/c1-54(2)42-20-10-6-16-34(42)38-30-45-39(29-43(38)54)35-17-7-11-21-44(35)58(45)33-26-24-32(25-27-33)52-55-51(31-14-4-3-5-15-31)56-53(57-52)41-28-40-36-18-8-12-22-46(36)59-49(40)48-37-19-9-13-23-47(37)60-50(41)48/h3-30H,1-2H3. The van der Waals surface area contributed by atoms with Crippen LogP contribution >= 0.6 is 11.3 Å². The van der Waals surface area contributed by atoms with Gasteiger partial charge in [0.1, 0.15) is 11.2 Å². The maximum absolute atomic E-state index is 6.60. The van der Waals surface area contributed by atoms with Crippen LogP contribution in [0, 0.1) is 0 Å². The summed E-state index contributed by atoms with van der Waals surface area (Å²) in [5.74, 6) is 1.88. The number of hydrogen-bond acceptors (Lipinski definition) is 5. The predicted molar refractivity (Wildman–Crippen MR) is 248 cm³/mol. The van der Waals surface area contributed by atoms with Crippen LogP contribution in [0.3, 0.4) is 0 Å². The minimum Gasteiger partial charge on any atom is -0.455 e. The minimum absolute atomic E-state index is 0.0756. The van der Waals surface area contributed by atoms with Crippen LogP contribution in [0.15, 0.2) is 174 Å². The van der Waals surface area contributed by atoms with Gasteiger partial charge in [0.15, 0.2) is 17.5 Å². The molecule has 5 nitrogen and oxygen atoms in total. The Labute approximate surface area is 348 Å². The molecule has 0 radical (unpaired) electrons. The maximum atomic E-state index is 6.60. The van der Waals surface area contributed by atoms with Gasteiger partial charge in [0, 0.05) is 64.8 Å². The van der Waals surface area contributed by atoms with Crippen LogP contribution in [0.4, 0.5) is 0 Å². The van der Waals surface area contributed by atoms with Gasteiger partial charge in [0.25, 0.3) is 0 Å². The number of furan rings is 1. The van der Waals surface area contributed by atoms with E-state index < -0.39 is 0 Å². The van der Waals surface area contributed by atoms with Crippen molar-refractivity contribution in [3.05, 3.63) is 181 Å². The average molecular weight is 787 g/mol. The second kappa shape index (κ2) is 12.3. The van der Waals surface area contributed by atoms with Gasteiger partial charge >= 0.3 is 0 Å². The molecule has 0 bridgehead atoms. The Kier molecular flexibility index (Phi) is 6.88. The van der Waals surface area contributed by atoms with Crippen LogP contribution in [0.25, 0.3) is 115 Å². The molecule has 4 aromatic heterocycles. The third-order valence-corrected chi connectivity index (χ3v) is 13.9. The van der Waals surface area contributed by atoms with Crippen molar-refractivity contribution in [2.45, 2.75) is 19.3 Å². The molecule has 0 amide bonds. The fourth-order valence-corrected chi connectivity index (χ4v) is 11.0. The summed E-state index contributed by atoms with van der Waals surface area (Å²) in [5.41, 5.74) is 13.3. The highest BCUT2D eigenvalue weighted by atomic mass is 32.1. The lowest BCUT2D eigenvalue weighted by Gasteiger charge is -2.21. The molecule has 13 rings (SSSR count). The summed E-state index contributed by atoms with van der Waals surface area (Å²) in [7, 11) is 0. The van der Waals surface area contributed by atoms with Gasteiger partial charge in [-0.15, -0.1) is 11.3 Å². The van der Waals surface area contributed by atoms with Gasteiger partial charge in [-0.05, 0) is 82.9 Å². The lowest BCUT2D eigenvalue weighted by Crippen LogP contribution is -2.14. The summed E-state index contributed by atoms with van der Waals surface area (Å²) >= 11 is 1.75. The molecule has 60 heavy (non-hydrogen) atoms. The molecule has 6 heteroatoms. The summed E-state index contributed by atoms with van der Waals surface area (Å²) in [4.78, 5) is 15.7. The van der Waals surface area contributed by atoms with Crippen LogP contribution in [0.2, 0.25) is 0 Å². The highest BCUT2D eigenvalue weighted by molar-refractivity contribution is 7.26. The number of nitrogens with zero attached hydrogens (tertiary/aromatic N) is 4. The molecular formula is C54H34N4OS. The molecule has 0 N–H and O–H groups in total. The highest BCUT2D eigenvalue weighted by Crippen LogP contribution is 2.51. The molecule has 282 valence electrons. The SMILES string of the molecule is CC1(C)c2ccccc2-c2cc3c(cc21)c1ccccc1n3-c1ccc(-c2nc(-c3ccccc3)nc(-c3cc4c5ccccc5oc4c4c3sc3ccccc34)n2)cc1. The Bertz CT molecular complexity index is 3740. The first kappa shape index (κ1) is 33.6. The molecule has 0 unspecified atom stereocenters. The number of aromatic nitrogens is 4. The largest absolute Gasteiger partial charge is 0.455 e. The van der Waals surface area contributed by atoms with Crippen LogP contribution in [0.5, 0.6) is 0 Å². The summed E-state index contributed by atoms with van der Waals surface area (Å²) in [6.45, 7) is 4.69. The van der Waals surface area contributed by atoms with E-state index in [0.29, 0.717) is 17.5 Å². The second-order valence-corrected chi connectivity index (χ2v) is 17.4. The van der Waals surface area contributed by atoms with Crippen molar-refractivity contribution in [1.82, 2.24) is 19.5 Å². The van der Waals surface area contributed by atoms with Crippen molar-refractivity contribution in [3.8, 4) is 51.0 Å². The number of hydrogen-bond donors (Lipinski definition) is 0. The Hall–Kier alpha value is -7.41. The topological polar surface area (TPSA) is 56.7 Å². The van der Waals surface area contributed by atoms with E-state index in [1.54, 1.807) is 11.3 Å². The smallest absolute Gasteiger partial charge is 0.165 e. The molecule has 8 aromatic carbocycles. The van der Waals surface area contributed by atoms with Gasteiger partial charge in [-0.1, -0.05) is 123 Å². The van der Waals surface area contributed by atoms with Gasteiger partial charge in [-0.2, -0.15) is 0 Å². The van der Waals surface area contributed by atoms with E-state index in [1.807, 2.05) is 30.3 Å². The monoisotopic (exact) mass is 786 g/mol. The maximum Gasteiger partial charge on any atom is 0.165 e. The van der Waals surface area contributed by atoms with E-state index in [2.05, 4.69) is 158 Å². The molecular weight excluding hydrogens is 753 g/mol. The zero-order valence-corrected chi connectivity index (χ0v) is 33.6. The van der Waals surface area contributed by atoms with E-state index >= 15 is 0 Å². The second-order valence-electron chi connectivity index (χ2n) is 16.4. The Morgan fingerprint density at radius 2 is 1.15 bits per heavy atom. The van der Waals surface area contributed by atoms with Crippen molar-refractivity contribution in [3.63, 3.8) is 0 Å². The van der Waals surface area contributed by atoms with Gasteiger partial charge in [-0.25, -0.2) is 15.0 Å². The predicted octanol–water partition coefficient (Wildman–Crippen LogP) is 14.5. The Morgan fingerprint density at radius 3 is 1.98 bits per heavy atom. The quantitative estimate of drug-likeness (QED) is 0.178. The normalized spacial score (nSPS) is 13.3. The molecule has 0 aliphatic heterocycles. The van der Waals surface area contributed by atoms with E-state index in [1.165, 1.54) is 54.1 Å². The molecule has 0 saturated heterocycles. The first-order valence-corrected chi connectivity index (χ1v) is 21.2. The number of rotatable bonds is 4. The molecule has 1 aliphatic rings. The summed E-state index contributed by atoms with van der Waals surface area (Å²) in [5, 5.41) is 6.89. The van der Waals surface area contributed by atoms with Crippen LogP contribution in [-0.2, 0) is 5.41 Å². The van der Waals surface area contributed by atoms with Gasteiger partial charge in [0.2, 0.25) is 0 Å². The van der Waals surface area contributed by atoms with E-state index in [9.17, 15) is 0 Å². The molecule has 12 aromatic rings. The first-order chi connectivity index (χ1) is 29.5. The lowest BCUT2D eigenvalue weighted by molar-refractivity contribution is 0.661. The number of benzene rings is 8. The molecule has 0 atom stereocenters. The van der Waals surface area contributed by atoms with Crippen molar-refractivity contribution in [2.24, 2.45) is 0 Å². The lowest BCUT2D eigenvalue weighted by atomic mass is 9.82. The third kappa shape index (κ3) is 4.71. The Balaban J connectivity index is 1.01. The van der Waals surface area contributed by atoms with E-state index in [-0.39, 0.29) is 5.41 Å². The zero-order valence-electron chi connectivity index (χ0n) is 32.8. The van der Waals surface area contributed by atoms with Crippen molar-refractivity contribution in [1.29, 1.82) is 0 Å². The van der Waals surface area contributed by atoms with Crippen molar-refractivity contribution >= 4 is 75.3 Å². The zero-order chi connectivity index (χ0) is 39.7. The molecule has 0 fully saturated rings. The number of fused-ring (bicyclic) bond motifs is 13. The highest BCUT2D eigenvalue weighted by Gasteiger charge is 2.36. The fraction of sp³-hybridized carbons (Fsp3) is 0.0556. The number of para-hydroxylation sites is 2. The number of thiophene rings is 1. The summed E-state index contributed by atoms with van der Waals surface area (Å²) in [6, 6.07) is 60.4. The molecule has 4 heterocycles. The van der Waals surface area contributed by atoms with Crippen LogP contribution in [-0.4, -0.2) is 19.5 Å². The van der Waals surface area contributed by atoms with Gasteiger partial charge in [0.05, 0.1) is 15.7 Å². The van der Waals surface area contributed by atoms with E-state index in [0.717, 1.165) is 54.4 Å². The molecule has 0 saturated carbocycles. The summed E-state index contributed by atoms with van der Waals surface area (Å²) < 4.78 is 11.3. The van der Waals surface area contributed by atoms with Crippen molar-refractivity contribution < 1.29 is 4.42 Å². The first-order valence-electron chi connectivity index (χ1n) is 20.4. The fourth-order valence-electron chi connectivity index (χ4n) is 9.77. The van der Waals surface area contributed by atoms with Gasteiger partial charge < -0.3 is 8.98 Å². The minimum atomic E-state index is -0.0756. The third-order valence-electron chi connectivity index (χ3n) is 12.7. The van der Waals surface area contributed by atoms with Gasteiger partial charge in [-0.3, -0.25) is 0 Å². The molecule has 1 aliphatic carbocycles. The van der Waals surface area contributed by atoms with E-state index in [4.69, 9.17) is 19.4 Å². The van der Waals surface area contributed by atoms with Crippen molar-refractivity contribution in [2.75, 3.05) is 0 Å².